The number of nitrogens with zero attached hydrogens (tertiary/aromatic N) is 1. The molecule has 0 amide bonds. The van der Waals surface area contributed by atoms with Gasteiger partial charge < -0.3 is 10.3 Å². The van der Waals surface area contributed by atoms with Crippen LogP contribution in [-0.2, 0) is 0 Å². The molecule has 1 rings (SSSR count). The van der Waals surface area contributed by atoms with E-state index in [9.17, 15) is 0 Å². The zero-order valence-corrected chi connectivity index (χ0v) is 6.02. The van der Waals surface area contributed by atoms with Crippen molar-refractivity contribution in [2.75, 3.05) is 5.32 Å². The van der Waals surface area contributed by atoms with Gasteiger partial charge in [-0.1, -0.05) is 0 Å². The molecule has 3 nitrogen and oxygen atoms in total. The predicted octanol–water partition coefficient (Wildman–Crippen LogP) is 1.10. The summed E-state index contributed by atoms with van der Waals surface area (Å²) >= 11 is 4.11. The third-order valence-corrected chi connectivity index (χ3v) is 0.973. The van der Waals surface area contributed by atoms with Crippen molar-refractivity contribution in [2.45, 2.75) is 12.3 Å². The van der Waals surface area contributed by atoms with E-state index in [4.69, 9.17) is 0 Å². The molecule has 0 aromatic carbocycles. The molecule has 2 N–H and O–H groups in total. The number of hydrogen-bond donors (Lipinski definition) is 3. The van der Waals surface area contributed by atoms with Crippen molar-refractivity contribution in [3.05, 3.63) is 12.4 Å². The average Bonchev–Trinajstić information content (AvgIpc) is 2.15. The number of H-pyrrole nitrogens is 1. The Morgan fingerprint density at radius 3 is 3.11 bits per heavy atom. The lowest BCUT2D eigenvalue weighted by molar-refractivity contribution is 1.08. The van der Waals surface area contributed by atoms with E-state index in [0.717, 1.165) is 5.95 Å². The first kappa shape index (κ1) is 6.48. The van der Waals surface area contributed by atoms with Gasteiger partial charge in [-0.05, 0) is 6.92 Å². The number of hydrogen-bond acceptors (Lipinski definition) is 3. The van der Waals surface area contributed by atoms with Crippen LogP contribution in [-0.4, -0.2) is 15.3 Å². The molecule has 1 atom stereocenters. The van der Waals surface area contributed by atoms with Crippen LogP contribution < -0.4 is 5.32 Å². The quantitative estimate of drug-likeness (QED) is 0.428. The van der Waals surface area contributed by atoms with Gasteiger partial charge in [-0.3, -0.25) is 0 Å². The molecular weight excluding hydrogens is 134 g/mol. The van der Waals surface area contributed by atoms with Crippen LogP contribution in [0.4, 0.5) is 5.95 Å². The summed E-state index contributed by atoms with van der Waals surface area (Å²) in [5.74, 6) is 0.762. The first-order valence-electron chi connectivity index (χ1n) is 2.73. The van der Waals surface area contributed by atoms with Crippen molar-refractivity contribution < 1.29 is 0 Å². The molecule has 9 heavy (non-hydrogen) atoms. The number of thiol groups is 1. The summed E-state index contributed by atoms with van der Waals surface area (Å²) in [4.78, 5) is 6.84. The van der Waals surface area contributed by atoms with E-state index in [-0.39, 0.29) is 5.37 Å². The van der Waals surface area contributed by atoms with Gasteiger partial charge in [-0.15, -0.1) is 0 Å². The van der Waals surface area contributed by atoms with Crippen molar-refractivity contribution in [3.63, 3.8) is 0 Å². The number of aromatic nitrogens is 2. The van der Waals surface area contributed by atoms with E-state index in [1.165, 1.54) is 0 Å². The van der Waals surface area contributed by atoms with Crippen molar-refractivity contribution in [1.29, 1.82) is 0 Å². The first-order chi connectivity index (χ1) is 4.29. The van der Waals surface area contributed by atoms with E-state index in [1.54, 1.807) is 12.4 Å². The Kier molecular flexibility index (Phi) is 2.00. The van der Waals surface area contributed by atoms with Gasteiger partial charge in [0.15, 0.2) is 0 Å². The molecule has 0 saturated heterocycles. The summed E-state index contributed by atoms with van der Waals surface area (Å²) in [6.07, 6.45) is 3.46. The highest BCUT2D eigenvalue weighted by atomic mass is 32.1. The second-order valence-electron chi connectivity index (χ2n) is 1.76. The maximum Gasteiger partial charge on any atom is 0.200 e. The van der Waals surface area contributed by atoms with Crippen LogP contribution in [0.25, 0.3) is 0 Å². The fourth-order valence-electron chi connectivity index (χ4n) is 0.542. The predicted molar refractivity (Wildman–Crippen MR) is 40.7 cm³/mol. The van der Waals surface area contributed by atoms with Crippen molar-refractivity contribution >= 4 is 18.6 Å². The Labute approximate surface area is 59.3 Å². The molecule has 1 aromatic heterocycles. The normalized spacial score (nSPS) is 13.1. The van der Waals surface area contributed by atoms with Crippen LogP contribution in [0.2, 0.25) is 0 Å². The molecule has 0 saturated carbocycles. The lowest BCUT2D eigenvalue weighted by Gasteiger charge is -2.03. The molecular formula is C5H9N3S. The van der Waals surface area contributed by atoms with Gasteiger partial charge in [0.05, 0.1) is 5.37 Å². The van der Waals surface area contributed by atoms with Crippen LogP contribution >= 0.6 is 12.6 Å². The van der Waals surface area contributed by atoms with Crippen LogP contribution in [0.1, 0.15) is 6.92 Å². The summed E-state index contributed by atoms with van der Waals surface area (Å²) in [7, 11) is 0. The average molecular weight is 143 g/mol. The maximum absolute atomic E-state index is 4.11. The van der Waals surface area contributed by atoms with Crippen molar-refractivity contribution in [1.82, 2.24) is 9.97 Å². The fourth-order valence-corrected chi connectivity index (χ4v) is 0.664. The molecule has 4 heteroatoms. The Morgan fingerprint density at radius 1 is 1.89 bits per heavy atom. The van der Waals surface area contributed by atoms with E-state index in [1.807, 2.05) is 6.92 Å². The Morgan fingerprint density at radius 2 is 2.67 bits per heavy atom. The zero-order valence-electron chi connectivity index (χ0n) is 5.13. The van der Waals surface area contributed by atoms with Crippen LogP contribution in [0, 0.1) is 0 Å². The van der Waals surface area contributed by atoms with E-state index >= 15 is 0 Å². The van der Waals surface area contributed by atoms with Gasteiger partial charge in [0.2, 0.25) is 5.95 Å². The number of nitrogens with one attached hydrogen (secondary N) is 2. The van der Waals surface area contributed by atoms with Gasteiger partial charge >= 0.3 is 0 Å². The third-order valence-electron chi connectivity index (χ3n) is 0.844. The van der Waals surface area contributed by atoms with Crippen LogP contribution in [0.15, 0.2) is 12.4 Å². The van der Waals surface area contributed by atoms with E-state index in [2.05, 4.69) is 27.9 Å². The largest absolute Gasteiger partial charge is 0.345 e. The standard InChI is InChI=1S/C5H9N3S/c1-4(9)8-5-6-2-3-7-5/h2-4,9H,1H3,(H2,6,7,8). The molecule has 50 valence electrons. The fraction of sp³-hybridized carbons (Fsp3) is 0.400. The highest BCUT2D eigenvalue weighted by Gasteiger charge is 1.93. The minimum absolute atomic E-state index is 0.135. The number of rotatable bonds is 2. The zero-order chi connectivity index (χ0) is 6.69. The maximum atomic E-state index is 4.11. The van der Waals surface area contributed by atoms with E-state index in [0.29, 0.717) is 0 Å². The monoisotopic (exact) mass is 143 g/mol. The van der Waals surface area contributed by atoms with Crippen molar-refractivity contribution in [3.8, 4) is 0 Å². The van der Waals surface area contributed by atoms with Gasteiger partial charge in [-0.2, -0.15) is 12.6 Å². The highest BCUT2D eigenvalue weighted by Crippen LogP contribution is 1.99. The highest BCUT2D eigenvalue weighted by molar-refractivity contribution is 7.81. The second-order valence-corrected chi connectivity index (χ2v) is 2.53. The summed E-state index contributed by atoms with van der Waals surface area (Å²) in [5.41, 5.74) is 0. The third kappa shape index (κ3) is 1.97. The molecule has 0 radical (unpaired) electrons. The first-order valence-corrected chi connectivity index (χ1v) is 3.24. The van der Waals surface area contributed by atoms with Crippen molar-refractivity contribution in [2.24, 2.45) is 0 Å². The Hall–Kier alpha value is -0.640. The van der Waals surface area contributed by atoms with E-state index < -0.39 is 0 Å². The lowest BCUT2D eigenvalue weighted by Crippen LogP contribution is -2.07. The van der Waals surface area contributed by atoms with Gasteiger partial charge in [0.25, 0.3) is 0 Å². The summed E-state index contributed by atoms with van der Waals surface area (Å²) in [6.45, 7) is 1.94. The number of aromatic amines is 1. The minimum Gasteiger partial charge on any atom is -0.345 e. The SMILES string of the molecule is CC(S)Nc1ncc[nH]1. The number of anilines is 1. The van der Waals surface area contributed by atoms with Gasteiger partial charge in [0.1, 0.15) is 0 Å². The molecule has 0 aliphatic heterocycles. The molecule has 0 fully saturated rings. The summed E-state index contributed by atoms with van der Waals surface area (Å²) < 4.78 is 0. The van der Waals surface area contributed by atoms with Crippen LogP contribution in [0.5, 0.6) is 0 Å². The molecule has 0 bridgehead atoms. The van der Waals surface area contributed by atoms with Crippen LogP contribution in [0.3, 0.4) is 0 Å². The Bertz CT molecular complexity index is 159. The lowest BCUT2D eigenvalue weighted by atomic mass is 10.7. The molecule has 1 aromatic rings. The molecule has 0 aliphatic rings. The minimum atomic E-state index is 0.135. The smallest absolute Gasteiger partial charge is 0.200 e. The van der Waals surface area contributed by atoms with Gasteiger partial charge in [0, 0.05) is 12.4 Å². The van der Waals surface area contributed by atoms with Gasteiger partial charge in [-0.25, -0.2) is 4.98 Å². The summed E-state index contributed by atoms with van der Waals surface area (Å²) in [5, 5.41) is 3.12. The topological polar surface area (TPSA) is 40.7 Å². The molecule has 0 spiro atoms. The molecule has 0 aliphatic carbocycles. The second kappa shape index (κ2) is 2.77. The molecule has 1 unspecified atom stereocenters. The number of imidazole rings is 1. The molecule has 1 heterocycles. The summed E-state index contributed by atoms with van der Waals surface area (Å²) in [6, 6.07) is 0. The Balaban J connectivity index is 2.48.